The Bertz CT molecular complexity index is 582. The number of carbonyl (C=O) groups is 1. The lowest BCUT2D eigenvalue weighted by atomic mass is 9.88. The fourth-order valence-electron chi connectivity index (χ4n) is 2.73. The summed E-state index contributed by atoms with van der Waals surface area (Å²) < 4.78 is 5.72. The maximum atomic E-state index is 11.7. The standard InChI is InChI=1S/C19H30N2O4S/c1-2-10-26-11-7-17(20)19(24,18(22)23)13-15-12-16(5-8-21-15)25-9-6-14-3-4-14/h5,8,12,14,17,24H,2-4,6-7,9-11,13,20H2,1H3,(H,22,23)/t17?,19-/m1/s1. The van der Waals surface area contributed by atoms with Crippen molar-refractivity contribution in [1.82, 2.24) is 4.98 Å². The zero-order valence-corrected chi connectivity index (χ0v) is 16.2. The van der Waals surface area contributed by atoms with Crippen LogP contribution in [0.1, 0.15) is 44.7 Å². The lowest BCUT2D eigenvalue weighted by molar-refractivity contribution is -0.160. The van der Waals surface area contributed by atoms with Gasteiger partial charge in [-0.15, -0.1) is 0 Å². The fourth-order valence-corrected chi connectivity index (χ4v) is 3.64. The van der Waals surface area contributed by atoms with Crippen LogP contribution in [-0.2, 0) is 11.2 Å². The second kappa shape index (κ2) is 10.1. The van der Waals surface area contributed by atoms with Crippen LogP contribution in [0.3, 0.4) is 0 Å². The minimum absolute atomic E-state index is 0.137. The third-order valence-corrected chi connectivity index (χ3v) is 5.86. The number of aliphatic carboxylic acids is 1. The van der Waals surface area contributed by atoms with Crippen molar-refractivity contribution in [3.63, 3.8) is 0 Å². The molecule has 1 aromatic heterocycles. The van der Waals surface area contributed by atoms with E-state index in [2.05, 4.69) is 11.9 Å². The van der Waals surface area contributed by atoms with Crippen LogP contribution in [0, 0.1) is 5.92 Å². The summed E-state index contributed by atoms with van der Waals surface area (Å²) in [6.45, 7) is 2.73. The quantitative estimate of drug-likeness (QED) is 0.450. The molecule has 0 aliphatic heterocycles. The highest BCUT2D eigenvalue weighted by Crippen LogP contribution is 2.32. The van der Waals surface area contributed by atoms with Crippen molar-refractivity contribution in [1.29, 1.82) is 0 Å². The van der Waals surface area contributed by atoms with E-state index in [0.717, 1.165) is 30.3 Å². The molecular weight excluding hydrogens is 352 g/mol. The van der Waals surface area contributed by atoms with Gasteiger partial charge in [0.1, 0.15) is 5.75 Å². The van der Waals surface area contributed by atoms with Crippen LogP contribution in [0.5, 0.6) is 5.75 Å². The molecule has 1 heterocycles. The van der Waals surface area contributed by atoms with Crippen LogP contribution in [-0.4, -0.2) is 50.9 Å². The predicted molar refractivity (Wildman–Crippen MR) is 104 cm³/mol. The smallest absolute Gasteiger partial charge is 0.337 e. The zero-order chi connectivity index (χ0) is 19.0. The van der Waals surface area contributed by atoms with Gasteiger partial charge in [0.25, 0.3) is 0 Å². The number of pyridine rings is 1. The molecule has 1 aliphatic rings. The first-order valence-electron chi connectivity index (χ1n) is 9.32. The van der Waals surface area contributed by atoms with Gasteiger partial charge in [0.2, 0.25) is 0 Å². The summed E-state index contributed by atoms with van der Waals surface area (Å²) in [5.41, 5.74) is 4.47. The highest BCUT2D eigenvalue weighted by molar-refractivity contribution is 7.99. The van der Waals surface area contributed by atoms with Crippen molar-refractivity contribution in [2.75, 3.05) is 18.1 Å². The average Bonchev–Trinajstić information content (AvgIpc) is 3.43. The van der Waals surface area contributed by atoms with Gasteiger partial charge < -0.3 is 20.7 Å². The number of hydrogen-bond donors (Lipinski definition) is 3. The number of ether oxygens (including phenoxy) is 1. The molecule has 0 spiro atoms. The van der Waals surface area contributed by atoms with E-state index >= 15 is 0 Å². The van der Waals surface area contributed by atoms with E-state index < -0.39 is 17.6 Å². The van der Waals surface area contributed by atoms with Gasteiger partial charge in [-0.05, 0) is 42.8 Å². The Labute approximate surface area is 159 Å². The lowest BCUT2D eigenvalue weighted by Gasteiger charge is -2.29. The Morgan fingerprint density at radius 3 is 2.92 bits per heavy atom. The van der Waals surface area contributed by atoms with E-state index in [1.54, 1.807) is 30.1 Å². The number of nitrogens with two attached hydrogens (primary N) is 1. The Balaban J connectivity index is 1.95. The Hall–Kier alpha value is -1.31. The van der Waals surface area contributed by atoms with Crippen LogP contribution in [0.25, 0.3) is 0 Å². The summed E-state index contributed by atoms with van der Waals surface area (Å²) in [5.74, 6) is 1.85. The average molecular weight is 383 g/mol. The number of hydrogen-bond acceptors (Lipinski definition) is 6. The Morgan fingerprint density at radius 1 is 1.50 bits per heavy atom. The zero-order valence-electron chi connectivity index (χ0n) is 15.4. The van der Waals surface area contributed by atoms with Gasteiger partial charge in [-0.2, -0.15) is 11.8 Å². The summed E-state index contributed by atoms with van der Waals surface area (Å²) in [5, 5.41) is 20.3. The second-order valence-electron chi connectivity index (χ2n) is 6.98. The first-order chi connectivity index (χ1) is 12.5. The summed E-state index contributed by atoms with van der Waals surface area (Å²) in [7, 11) is 0. The van der Waals surface area contributed by atoms with Crippen LogP contribution in [0.2, 0.25) is 0 Å². The Kier molecular flexibility index (Phi) is 8.18. The highest BCUT2D eigenvalue weighted by atomic mass is 32.2. The first kappa shape index (κ1) is 21.0. The number of aromatic nitrogens is 1. The largest absolute Gasteiger partial charge is 0.493 e. The molecule has 26 heavy (non-hydrogen) atoms. The second-order valence-corrected chi connectivity index (χ2v) is 8.20. The summed E-state index contributed by atoms with van der Waals surface area (Å²) in [6, 6.07) is 2.59. The van der Waals surface area contributed by atoms with Crippen molar-refractivity contribution >= 4 is 17.7 Å². The molecule has 0 amide bonds. The molecule has 1 aromatic rings. The van der Waals surface area contributed by atoms with Crippen molar-refractivity contribution in [3.8, 4) is 5.75 Å². The third kappa shape index (κ3) is 6.45. The maximum absolute atomic E-state index is 11.7. The van der Waals surface area contributed by atoms with Gasteiger partial charge in [0.15, 0.2) is 5.60 Å². The van der Waals surface area contributed by atoms with Gasteiger partial charge in [-0.3, -0.25) is 4.98 Å². The molecule has 1 aliphatic carbocycles. The SMILES string of the molecule is CCCSCCC(N)[C@](O)(Cc1cc(OCCC2CC2)ccn1)C(=O)O. The summed E-state index contributed by atoms with van der Waals surface area (Å²) in [4.78, 5) is 15.9. The van der Waals surface area contributed by atoms with E-state index in [1.807, 2.05) is 0 Å². The topological polar surface area (TPSA) is 106 Å². The van der Waals surface area contributed by atoms with Crippen LogP contribution in [0.4, 0.5) is 0 Å². The van der Waals surface area contributed by atoms with Gasteiger partial charge in [0, 0.05) is 30.4 Å². The third-order valence-electron chi connectivity index (χ3n) is 4.64. The van der Waals surface area contributed by atoms with Crippen molar-refractivity contribution in [3.05, 3.63) is 24.0 Å². The summed E-state index contributed by atoms with van der Waals surface area (Å²) in [6.07, 6.45) is 6.53. The molecule has 146 valence electrons. The molecule has 4 N–H and O–H groups in total. The van der Waals surface area contributed by atoms with Crippen LogP contribution < -0.4 is 10.5 Å². The fraction of sp³-hybridized carbons (Fsp3) is 0.684. The Morgan fingerprint density at radius 2 is 2.27 bits per heavy atom. The molecule has 0 radical (unpaired) electrons. The molecule has 2 atom stereocenters. The molecule has 1 fully saturated rings. The normalized spacial score (nSPS) is 17.5. The predicted octanol–water partition coefficient (Wildman–Crippen LogP) is 2.48. The van der Waals surface area contributed by atoms with Crippen LogP contribution >= 0.6 is 11.8 Å². The van der Waals surface area contributed by atoms with Gasteiger partial charge in [0.05, 0.1) is 6.61 Å². The molecule has 0 bridgehead atoms. The van der Waals surface area contributed by atoms with E-state index in [-0.39, 0.29) is 6.42 Å². The van der Waals surface area contributed by atoms with Crippen molar-refractivity contribution < 1.29 is 19.7 Å². The van der Waals surface area contributed by atoms with Gasteiger partial charge in [-0.25, -0.2) is 4.79 Å². The molecule has 0 saturated heterocycles. The minimum atomic E-state index is -2.04. The number of carboxylic acid groups (broad SMARTS) is 1. The molecule has 7 heteroatoms. The molecule has 1 saturated carbocycles. The monoisotopic (exact) mass is 382 g/mol. The first-order valence-corrected chi connectivity index (χ1v) is 10.5. The van der Waals surface area contributed by atoms with Gasteiger partial charge >= 0.3 is 5.97 Å². The number of carboxylic acids is 1. The lowest BCUT2D eigenvalue weighted by Crippen LogP contribution is -2.56. The molecule has 6 nitrogen and oxygen atoms in total. The number of rotatable bonds is 13. The number of aliphatic hydroxyl groups is 1. The van der Waals surface area contributed by atoms with Crippen molar-refractivity contribution in [2.45, 2.75) is 57.1 Å². The minimum Gasteiger partial charge on any atom is -0.493 e. The molecule has 2 rings (SSSR count). The highest BCUT2D eigenvalue weighted by Gasteiger charge is 2.42. The molecule has 1 unspecified atom stereocenters. The summed E-state index contributed by atoms with van der Waals surface area (Å²) >= 11 is 1.71. The van der Waals surface area contributed by atoms with Crippen molar-refractivity contribution in [2.24, 2.45) is 11.7 Å². The molecular formula is C19H30N2O4S. The maximum Gasteiger partial charge on any atom is 0.337 e. The van der Waals surface area contributed by atoms with E-state index in [9.17, 15) is 15.0 Å². The number of nitrogens with zero attached hydrogens (tertiary/aromatic N) is 1. The van der Waals surface area contributed by atoms with E-state index in [0.29, 0.717) is 24.5 Å². The molecule has 0 aromatic carbocycles. The number of thioether (sulfide) groups is 1. The van der Waals surface area contributed by atoms with E-state index in [1.165, 1.54) is 12.8 Å². The van der Waals surface area contributed by atoms with E-state index in [4.69, 9.17) is 10.5 Å². The van der Waals surface area contributed by atoms with Crippen LogP contribution in [0.15, 0.2) is 18.3 Å². The van der Waals surface area contributed by atoms with Gasteiger partial charge in [-0.1, -0.05) is 19.8 Å².